The lowest BCUT2D eigenvalue weighted by molar-refractivity contribution is 0.140. The van der Waals surface area contributed by atoms with Crippen molar-refractivity contribution in [2.24, 2.45) is 0 Å². The molecule has 120 valence electrons. The van der Waals surface area contributed by atoms with Gasteiger partial charge >= 0.3 is 6.09 Å². The summed E-state index contributed by atoms with van der Waals surface area (Å²) in [5, 5.41) is 0. The number of hydrogen-bond donors (Lipinski definition) is 2. The molecule has 0 aromatic carbocycles. The first-order valence-corrected chi connectivity index (χ1v) is 8.83. The van der Waals surface area contributed by atoms with E-state index in [1.807, 2.05) is 0 Å². The Kier molecular flexibility index (Phi) is 15.3. The van der Waals surface area contributed by atoms with Crippen molar-refractivity contribution in [3.63, 3.8) is 0 Å². The van der Waals surface area contributed by atoms with E-state index in [2.05, 4.69) is 32.6 Å². The molecule has 0 N–H and O–H groups in total. The van der Waals surface area contributed by atoms with Crippen molar-refractivity contribution in [1.29, 1.82) is 0 Å². The minimum absolute atomic E-state index is 0.466. The number of amides is 1. The molecule has 0 bridgehead atoms. The summed E-state index contributed by atoms with van der Waals surface area (Å²) in [7, 11) is 0. The van der Waals surface area contributed by atoms with E-state index in [9.17, 15) is 4.79 Å². The maximum atomic E-state index is 11.0. The van der Waals surface area contributed by atoms with Crippen LogP contribution in [-0.2, 0) is 4.74 Å². The van der Waals surface area contributed by atoms with E-state index < -0.39 is 6.09 Å². The minimum atomic E-state index is -0.500. The van der Waals surface area contributed by atoms with Gasteiger partial charge in [0.15, 0.2) is 0 Å². The zero-order valence-corrected chi connectivity index (χ0v) is 14.6. The van der Waals surface area contributed by atoms with Gasteiger partial charge in [0, 0.05) is 0 Å². The maximum Gasteiger partial charge on any atom is 0.429 e. The summed E-state index contributed by atoms with van der Waals surface area (Å²) in [6, 6.07) is 0. The Morgan fingerprint density at radius 3 is 1.60 bits per heavy atom. The smallest absolute Gasteiger partial charge is 0.429 e. The highest BCUT2D eigenvalue weighted by atomic mass is 32.2. The largest absolute Gasteiger partial charge is 0.448 e. The van der Waals surface area contributed by atoms with Crippen molar-refractivity contribution in [1.82, 2.24) is 3.71 Å². The molecule has 0 aliphatic rings. The molecule has 5 heteroatoms. The van der Waals surface area contributed by atoms with Gasteiger partial charge in [-0.2, -0.15) is 3.71 Å². The van der Waals surface area contributed by atoms with Gasteiger partial charge in [-0.15, -0.1) is 0 Å². The summed E-state index contributed by atoms with van der Waals surface area (Å²) >= 11 is 7.47. The lowest BCUT2D eigenvalue weighted by atomic mass is 10.1. The summed E-state index contributed by atoms with van der Waals surface area (Å²) in [6.07, 6.45) is 15.1. The molecule has 0 atom stereocenters. The molecular weight excluding hydrogens is 290 g/mol. The van der Waals surface area contributed by atoms with Gasteiger partial charge in [-0.05, 0) is 32.1 Å². The van der Waals surface area contributed by atoms with Crippen molar-refractivity contribution in [2.75, 3.05) is 6.61 Å². The molecule has 0 rings (SSSR count). The molecule has 0 spiro atoms. The van der Waals surface area contributed by atoms with Gasteiger partial charge in [-0.3, -0.25) is 0 Å². The average Bonchev–Trinajstić information content (AvgIpc) is 2.43. The summed E-state index contributed by atoms with van der Waals surface area (Å²) in [6.45, 7) is 2.72. The van der Waals surface area contributed by atoms with E-state index in [4.69, 9.17) is 4.74 Å². The lowest BCUT2D eigenvalue weighted by Gasteiger charge is -2.08. The average molecular weight is 322 g/mol. The van der Waals surface area contributed by atoms with Crippen molar-refractivity contribution < 1.29 is 9.53 Å². The third kappa shape index (κ3) is 14.4. The van der Waals surface area contributed by atoms with Crippen LogP contribution in [0.3, 0.4) is 0 Å². The van der Waals surface area contributed by atoms with Crippen LogP contribution in [0.25, 0.3) is 0 Å². The zero-order chi connectivity index (χ0) is 15.1. The standard InChI is InChI=1S/C15H31NO2S2/c1-2-3-4-5-6-7-8-9-10-11-12-13-14-18-15(17)16(19)20/h19-20H,2-14H2,1H3. The fourth-order valence-electron chi connectivity index (χ4n) is 2.16. The Labute approximate surface area is 135 Å². The first kappa shape index (κ1) is 20.0. The summed E-state index contributed by atoms with van der Waals surface area (Å²) in [5.41, 5.74) is 0. The number of carbonyl (C=O) groups is 1. The normalized spacial score (nSPS) is 10.6. The fourth-order valence-corrected chi connectivity index (χ4v) is 2.28. The predicted molar refractivity (Wildman–Crippen MR) is 92.2 cm³/mol. The Bertz CT molecular complexity index is 226. The molecule has 0 saturated heterocycles. The molecule has 1 amide bonds. The van der Waals surface area contributed by atoms with Crippen molar-refractivity contribution in [3.05, 3.63) is 0 Å². The molecule has 0 heterocycles. The molecule has 0 saturated carbocycles. The van der Waals surface area contributed by atoms with Crippen LogP contribution in [0.2, 0.25) is 0 Å². The second-order valence-corrected chi connectivity index (χ2v) is 6.41. The molecule has 3 nitrogen and oxygen atoms in total. The van der Waals surface area contributed by atoms with Crippen molar-refractivity contribution in [3.8, 4) is 0 Å². The monoisotopic (exact) mass is 321 g/mol. The van der Waals surface area contributed by atoms with E-state index in [1.54, 1.807) is 0 Å². The van der Waals surface area contributed by atoms with Crippen LogP contribution in [0.15, 0.2) is 0 Å². The van der Waals surface area contributed by atoms with Gasteiger partial charge in [0.05, 0.1) is 6.61 Å². The summed E-state index contributed by atoms with van der Waals surface area (Å²) in [5.74, 6) is 0. The van der Waals surface area contributed by atoms with Gasteiger partial charge in [0.25, 0.3) is 0 Å². The Balaban J connectivity index is 3.04. The van der Waals surface area contributed by atoms with Crippen LogP contribution in [0.1, 0.15) is 84.0 Å². The number of carbonyl (C=O) groups excluding carboxylic acids is 1. The topological polar surface area (TPSA) is 29.5 Å². The highest BCUT2D eigenvalue weighted by molar-refractivity contribution is 7.94. The molecule has 0 aliphatic carbocycles. The highest BCUT2D eigenvalue weighted by Gasteiger charge is 2.05. The second kappa shape index (κ2) is 15.4. The molecule has 20 heavy (non-hydrogen) atoms. The predicted octanol–water partition coefficient (Wildman–Crippen LogP) is 5.82. The first-order chi connectivity index (χ1) is 9.68. The first-order valence-electron chi connectivity index (χ1n) is 8.03. The SMILES string of the molecule is CCCCCCCCCCCCCCOC(=O)N(S)S. The fraction of sp³-hybridized carbons (Fsp3) is 0.933. The van der Waals surface area contributed by atoms with Gasteiger partial charge in [0.2, 0.25) is 0 Å². The van der Waals surface area contributed by atoms with Crippen LogP contribution in [0, 0.1) is 0 Å². The van der Waals surface area contributed by atoms with E-state index in [-0.39, 0.29) is 0 Å². The van der Waals surface area contributed by atoms with E-state index in [0.29, 0.717) is 6.61 Å². The number of hydrogen-bond acceptors (Lipinski definition) is 4. The van der Waals surface area contributed by atoms with Crippen LogP contribution in [0.4, 0.5) is 4.79 Å². The van der Waals surface area contributed by atoms with Crippen LogP contribution >= 0.6 is 25.6 Å². The molecule has 0 aromatic rings. The second-order valence-electron chi connectivity index (χ2n) is 5.29. The molecule has 0 aromatic heterocycles. The summed E-state index contributed by atoms with van der Waals surface area (Å²) < 4.78 is 5.79. The number of thiol groups is 2. The van der Waals surface area contributed by atoms with Gasteiger partial charge in [-0.25, -0.2) is 4.79 Å². The number of rotatable bonds is 13. The van der Waals surface area contributed by atoms with Gasteiger partial charge in [0.1, 0.15) is 0 Å². The van der Waals surface area contributed by atoms with E-state index in [1.165, 1.54) is 64.2 Å². The number of ether oxygens (including phenoxy) is 1. The minimum Gasteiger partial charge on any atom is -0.448 e. The van der Waals surface area contributed by atoms with Crippen molar-refractivity contribution in [2.45, 2.75) is 84.0 Å². The third-order valence-corrected chi connectivity index (χ3v) is 3.71. The van der Waals surface area contributed by atoms with Gasteiger partial charge < -0.3 is 4.74 Å². The van der Waals surface area contributed by atoms with Gasteiger partial charge in [-0.1, -0.05) is 77.6 Å². The zero-order valence-electron chi connectivity index (χ0n) is 12.9. The lowest BCUT2D eigenvalue weighted by Crippen LogP contribution is -2.13. The Hall–Kier alpha value is -0.0300. The van der Waals surface area contributed by atoms with Crippen LogP contribution < -0.4 is 0 Å². The molecule has 0 unspecified atom stereocenters. The maximum absolute atomic E-state index is 11.0. The van der Waals surface area contributed by atoms with E-state index in [0.717, 1.165) is 16.6 Å². The molecular formula is C15H31NO2S2. The Morgan fingerprint density at radius 2 is 1.20 bits per heavy atom. The molecule has 0 fully saturated rings. The highest BCUT2D eigenvalue weighted by Crippen LogP contribution is 2.12. The van der Waals surface area contributed by atoms with Crippen LogP contribution in [-0.4, -0.2) is 16.4 Å². The van der Waals surface area contributed by atoms with E-state index >= 15 is 0 Å². The number of unbranched alkanes of at least 4 members (excludes halogenated alkanes) is 11. The third-order valence-electron chi connectivity index (χ3n) is 3.39. The molecule has 0 radical (unpaired) electrons. The molecule has 0 aliphatic heterocycles. The van der Waals surface area contributed by atoms with Crippen LogP contribution in [0.5, 0.6) is 0 Å². The quantitative estimate of drug-likeness (QED) is 0.331. The summed E-state index contributed by atoms with van der Waals surface area (Å²) in [4.78, 5) is 11.0. The number of nitrogens with zero attached hydrogens (tertiary/aromatic N) is 1. The van der Waals surface area contributed by atoms with Crippen molar-refractivity contribution >= 4 is 31.7 Å². The Morgan fingerprint density at radius 1 is 0.800 bits per heavy atom.